The number of methoxy groups -OCH3 is 3. The summed E-state index contributed by atoms with van der Waals surface area (Å²) in [6, 6.07) is 3.74. The number of fused-ring (bicyclic) bond motifs is 1. The van der Waals surface area contributed by atoms with E-state index < -0.39 is 0 Å². The monoisotopic (exact) mass is 562 g/mol. The molecule has 6 rings (SSSR count). The molecule has 1 atom stereocenters. The maximum absolute atomic E-state index is 10.00. The van der Waals surface area contributed by atoms with Gasteiger partial charge in [-0.3, -0.25) is 0 Å². The summed E-state index contributed by atoms with van der Waals surface area (Å²) in [6.45, 7) is 1.73. The molecule has 2 fully saturated rings. The van der Waals surface area contributed by atoms with Crippen LogP contribution in [0.15, 0.2) is 30.9 Å². The van der Waals surface area contributed by atoms with E-state index in [9.17, 15) is 5.11 Å². The lowest BCUT2D eigenvalue weighted by Gasteiger charge is -2.24. The van der Waals surface area contributed by atoms with E-state index in [0.29, 0.717) is 40.8 Å². The van der Waals surface area contributed by atoms with Gasteiger partial charge in [0.05, 0.1) is 57.4 Å². The highest BCUT2D eigenvalue weighted by Crippen LogP contribution is 2.39. The van der Waals surface area contributed by atoms with E-state index in [0.717, 1.165) is 42.7 Å². The summed E-state index contributed by atoms with van der Waals surface area (Å²) >= 11 is 0. The Hall–Kier alpha value is -4.06. The highest BCUT2D eigenvalue weighted by atomic mass is 16.5. The van der Waals surface area contributed by atoms with Crippen LogP contribution >= 0.6 is 0 Å². The van der Waals surface area contributed by atoms with Gasteiger partial charge in [-0.15, -0.1) is 0 Å². The van der Waals surface area contributed by atoms with E-state index >= 15 is 0 Å². The van der Waals surface area contributed by atoms with Crippen LogP contribution in [0.3, 0.4) is 0 Å². The van der Waals surface area contributed by atoms with Gasteiger partial charge in [0.2, 0.25) is 11.7 Å². The molecule has 2 N–H and O–H groups in total. The molecule has 41 heavy (non-hydrogen) atoms. The van der Waals surface area contributed by atoms with Gasteiger partial charge in [-0.25, -0.2) is 9.67 Å². The fourth-order valence-electron chi connectivity index (χ4n) is 6.07. The third kappa shape index (κ3) is 5.35. The van der Waals surface area contributed by atoms with Crippen LogP contribution in [0, 0.1) is 5.92 Å². The van der Waals surface area contributed by atoms with Gasteiger partial charge in [-0.05, 0) is 31.6 Å². The molecule has 1 aromatic carbocycles. The molecule has 0 bridgehead atoms. The van der Waals surface area contributed by atoms with Crippen molar-refractivity contribution in [1.82, 2.24) is 29.3 Å². The number of imidazole rings is 1. The summed E-state index contributed by atoms with van der Waals surface area (Å²) in [5.41, 5.74) is 1.60. The Morgan fingerprint density at radius 2 is 1.76 bits per heavy atom. The van der Waals surface area contributed by atoms with Gasteiger partial charge < -0.3 is 34.1 Å². The molecule has 4 heterocycles. The number of aliphatic hydroxyl groups excluding tert-OH is 1. The van der Waals surface area contributed by atoms with Gasteiger partial charge >= 0.3 is 0 Å². The maximum atomic E-state index is 10.00. The SMILES string of the molecule is COc1cc(-n2cnc(Nc3nc(N4CCCC4CO)nc4c3cnn4CC3CCCCC3)c2)cc(OC)c1OC. The Labute approximate surface area is 239 Å². The van der Waals surface area contributed by atoms with Gasteiger partial charge in [-0.1, -0.05) is 19.3 Å². The van der Waals surface area contributed by atoms with E-state index in [4.69, 9.17) is 29.3 Å². The van der Waals surface area contributed by atoms with E-state index in [2.05, 4.69) is 15.2 Å². The Bertz CT molecular complexity index is 1470. The van der Waals surface area contributed by atoms with Crippen LogP contribution in [-0.4, -0.2) is 74.9 Å². The van der Waals surface area contributed by atoms with Gasteiger partial charge in [0.1, 0.15) is 18.0 Å². The first-order chi connectivity index (χ1) is 20.1. The lowest BCUT2D eigenvalue weighted by Crippen LogP contribution is -2.33. The first-order valence-electron chi connectivity index (χ1n) is 14.3. The normalized spacial score (nSPS) is 17.8. The second-order valence-corrected chi connectivity index (χ2v) is 10.8. The smallest absolute Gasteiger partial charge is 0.229 e. The summed E-state index contributed by atoms with van der Waals surface area (Å²) in [5, 5.41) is 19.0. The molecule has 12 heteroatoms. The minimum absolute atomic E-state index is 0.00857. The van der Waals surface area contributed by atoms with Crippen molar-refractivity contribution in [2.24, 2.45) is 5.92 Å². The zero-order valence-corrected chi connectivity index (χ0v) is 23.9. The van der Waals surface area contributed by atoms with E-state index in [-0.39, 0.29) is 12.6 Å². The predicted molar refractivity (Wildman–Crippen MR) is 156 cm³/mol. The van der Waals surface area contributed by atoms with Crippen molar-refractivity contribution < 1.29 is 19.3 Å². The molecule has 218 valence electrons. The first kappa shape index (κ1) is 27.1. The number of nitrogens with one attached hydrogen (secondary N) is 1. The average Bonchev–Trinajstić information content (AvgIpc) is 3.77. The van der Waals surface area contributed by atoms with Crippen molar-refractivity contribution in [3.05, 3.63) is 30.9 Å². The average molecular weight is 563 g/mol. The quantitative estimate of drug-likeness (QED) is 0.289. The van der Waals surface area contributed by atoms with Gasteiger partial charge in [-0.2, -0.15) is 15.1 Å². The van der Waals surface area contributed by atoms with Crippen LogP contribution in [-0.2, 0) is 6.54 Å². The molecule has 0 radical (unpaired) electrons. The molecule has 1 aliphatic carbocycles. The predicted octanol–water partition coefficient (Wildman–Crippen LogP) is 4.32. The zero-order valence-electron chi connectivity index (χ0n) is 23.9. The van der Waals surface area contributed by atoms with Crippen LogP contribution in [0.2, 0.25) is 0 Å². The summed E-state index contributed by atoms with van der Waals surface area (Å²) in [7, 11) is 4.77. The third-order valence-electron chi connectivity index (χ3n) is 8.26. The Balaban J connectivity index is 1.35. The molecular weight excluding hydrogens is 524 g/mol. The Kier molecular flexibility index (Phi) is 7.82. The van der Waals surface area contributed by atoms with Crippen molar-refractivity contribution in [3.63, 3.8) is 0 Å². The minimum atomic E-state index is 0.00857. The van der Waals surface area contributed by atoms with Gasteiger partial charge in [0.25, 0.3) is 0 Å². The number of benzene rings is 1. The number of nitrogens with zero attached hydrogens (tertiary/aromatic N) is 7. The standard InChI is InChI=1S/C29H38N8O4/c1-39-23-12-21(13-24(40-2)26(23)41-3)35-16-25(30-18-35)32-27-22-14-31-37(15-19-8-5-4-6-9-19)28(22)34-29(33-27)36-11-7-10-20(36)17-38/h12-14,16,18-20,38H,4-11,15,17H2,1-3H3,(H,32,33,34). The summed E-state index contributed by atoms with van der Waals surface area (Å²) in [6.07, 6.45) is 13.7. The number of rotatable bonds is 10. The molecule has 12 nitrogen and oxygen atoms in total. The van der Waals surface area contributed by atoms with Crippen molar-refractivity contribution in [1.29, 1.82) is 0 Å². The molecule has 1 saturated heterocycles. The van der Waals surface area contributed by atoms with Crippen molar-refractivity contribution in [3.8, 4) is 22.9 Å². The summed E-state index contributed by atoms with van der Waals surface area (Å²) in [5.74, 6) is 4.10. The molecule has 0 amide bonds. The number of hydrogen-bond donors (Lipinski definition) is 2. The molecule has 1 saturated carbocycles. The molecule has 1 unspecified atom stereocenters. The van der Waals surface area contributed by atoms with Gasteiger partial charge in [0.15, 0.2) is 17.1 Å². The van der Waals surface area contributed by atoms with Gasteiger partial charge in [0, 0.05) is 25.2 Å². The van der Waals surface area contributed by atoms with Crippen LogP contribution in [0.4, 0.5) is 17.6 Å². The molecule has 3 aromatic heterocycles. The number of aliphatic hydroxyl groups is 1. The second-order valence-electron chi connectivity index (χ2n) is 10.8. The Morgan fingerprint density at radius 1 is 0.976 bits per heavy atom. The summed E-state index contributed by atoms with van der Waals surface area (Å²) < 4.78 is 20.4. The van der Waals surface area contributed by atoms with Crippen molar-refractivity contribution in [2.45, 2.75) is 57.5 Å². The minimum Gasteiger partial charge on any atom is -0.493 e. The van der Waals surface area contributed by atoms with E-state index in [1.807, 2.05) is 33.8 Å². The first-order valence-corrected chi connectivity index (χ1v) is 14.3. The fraction of sp³-hybridized carbons (Fsp3) is 0.517. The number of ether oxygens (including phenoxy) is 3. The third-order valence-corrected chi connectivity index (χ3v) is 8.26. The number of anilines is 3. The van der Waals surface area contributed by atoms with Crippen molar-refractivity contribution in [2.75, 3.05) is 44.7 Å². The molecule has 1 aliphatic heterocycles. The Morgan fingerprint density at radius 3 is 2.46 bits per heavy atom. The molecular formula is C29H38N8O4. The zero-order chi connectivity index (χ0) is 28.3. The number of hydrogen-bond acceptors (Lipinski definition) is 10. The largest absolute Gasteiger partial charge is 0.493 e. The fourth-order valence-corrected chi connectivity index (χ4v) is 6.07. The van der Waals surface area contributed by atoms with E-state index in [1.165, 1.54) is 32.1 Å². The molecule has 2 aliphatic rings. The van der Waals surface area contributed by atoms with Crippen LogP contribution in [0.5, 0.6) is 17.2 Å². The molecule has 4 aromatic rings. The highest BCUT2D eigenvalue weighted by Gasteiger charge is 2.28. The lowest BCUT2D eigenvalue weighted by molar-refractivity contribution is 0.265. The molecule has 0 spiro atoms. The van der Waals surface area contributed by atoms with Crippen LogP contribution < -0.4 is 24.4 Å². The topological polar surface area (TPSA) is 125 Å². The summed E-state index contributed by atoms with van der Waals surface area (Å²) in [4.78, 5) is 16.6. The van der Waals surface area contributed by atoms with E-state index in [1.54, 1.807) is 27.7 Å². The second kappa shape index (κ2) is 11.8. The lowest BCUT2D eigenvalue weighted by atomic mass is 9.89. The van der Waals surface area contributed by atoms with Crippen LogP contribution in [0.1, 0.15) is 44.9 Å². The van der Waals surface area contributed by atoms with Crippen LogP contribution in [0.25, 0.3) is 16.7 Å². The number of aromatic nitrogens is 6. The highest BCUT2D eigenvalue weighted by molar-refractivity contribution is 5.89. The van der Waals surface area contributed by atoms with Crippen molar-refractivity contribution >= 4 is 28.6 Å². The maximum Gasteiger partial charge on any atom is 0.229 e.